The molecule has 0 radical (unpaired) electrons. The molecule has 3 aromatic heterocycles. The Labute approximate surface area is 238 Å². The van der Waals surface area contributed by atoms with Crippen molar-refractivity contribution in [3.05, 3.63) is 41.2 Å². The number of carbonyl (C=O) groups excluding carboxylic acids is 1. The second-order valence-corrected chi connectivity index (χ2v) is 10.4. The molecule has 0 fully saturated rings. The number of H-pyrrole nitrogens is 1. The van der Waals surface area contributed by atoms with E-state index in [1.807, 2.05) is 45.9 Å². The molecule has 0 saturated heterocycles. The van der Waals surface area contributed by atoms with E-state index in [0.717, 1.165) is 0 Å². The summed E-state index contributed by atoms with van der Waals surface area (Å²) in [5.74, 6) is -0.0532. The lowest BCUT2D eigenvalue weighted by Gasteiger charge is -2.26. The molecule has 0 aliphatic carbocycles. The average Bonchev–Trinajstić information content (AvgIpc) is 3.45. The van der Waals surface area contributed by atoms with Gasteiger partial charge < -0.3 is 26.0 Å². The number of nitrogens with one attached hydrogen (secondary N) is 1. The smallest absolute Gasteiger partial charge is 0.270 e. The largest absolute Gasteiger partial charge is 0.476 e. The number of amides is 1. The number of aryl methyl sites for hydroxylation is 1. The summed E-state index contributed by atoms with van der Waals surface area (Å²) in [6.07, 6.45) is 4.16. The maximum Gasteiger partial charge on any atom is 0.270 e. The van der Waals surface area contributed by atoms with Crippen LogP contribution in [0.4, 0.5) is 0 Å². The van der Waals surface area contributed by atoms with Gasteiger partial charge in [-0.3, -0.25) is 19.8 Å². The maximum absolute atomic E-state index is 12.4. The van der Waals surface area contributed by atoms with Crippen LogP contribution in [0.15, 0.2) is 34.8 Å². The van der Waals surface area contributed by atoms with E-state index in [0.29, 0.717) is 64.7 Å². The van der Waals surface area contributed by atoms with Gasteiger partial charge in [-0.1, -0.05) is 6.92 Å². The molecule has 41 heavy (non-hydrogen) atoms. The molecule has 0 saturated carbocycles. The highest BCUT2D eigenvalue weighted by molar-refractivity contribution is 6.05. The van der Waals surface area contributed by atoms with Gasteiger partial charge in [-0.2, -0.15) is 10.2 Å². The normalized spacial score (nSPS) is 20.4. The van der Waals surface area contributed by atoms with Crippen LogP contribution in [-0.2, 0) is 11.8 Å². The van der Waals surface area contributed by atoms with Crippen LogP contribution in [-0.4, -0.2) is 91.1 Å². The minimum Gasteiger partial charge on any atom is -0.476 e. The summed E-state index contributed by atoms with van der Waals surface area (Å²) in [5.41, 5.74) is 15.8. The SMILES string of the molecule is CCN1CC(=NCC(C)O)C(=C(\N)OC(C)C)/C=C/c2[nH]nc3ncc(cc23)-c2c(C(N)=O)nn(C)c2OC(C)C1. The number of pyridine rings is 1. The Morgan fingerprint density at radius 2 is 2.07 bits per heavy atom. The van der Waals surface area contributed by atoms with Gasteiger partial charge in [-0.25, -0.2) is 9.67 Å². The first kappa shape index (κ1) is 29.7. The summed E-state index contributed by atoms with van der Waals surface area (Å²) in [6, 6.07) is 1.87. The van der Waals surface area contributed by atoms with Gasteiger partial charge in [0.15, 0.2) is 17.2 Å². The third kappa shape index (κ3) is 6.74. The lowest BCUT2D eigenvalue weighted by atomic mass is 10.0. The summed E-state index contributed by atoms with van der Waals surface area (Å²) in [5, 5.41) is 22.5. The van der Waals surface area contributed by atoms with Crippen LogP contribution < -0.4 is 16.2 Å². The Bertz CT molecular complexity index is 1500. The molecule has 0 aromatic carbocycles. The fourth-order valence-electron chi connectivity index (χ4n) is 4.63. The number of carbonyl (C=O) groups is 1. The molecule has 13 heteroatoms. The summed E-state index contributed by atoms with van der Waals surface area (Å²) >= 11 is 0. The van der Waals surface area contributed by atoms with Crippen molar-refractivity contribution in [1.29, 1.82) is 0 Å². The second kappa shape index (κ2) is 12.5. The zero-order valence-electron chi connectivity index (χ0n) is 24.4. The van der Waals surface area contributed by atoms with Gasteiger partial charge in [-0.15, -0.1) is 0 Å². The quantitative estimate of drug-likeness (QED) is 0.325. The predicted molar refractivity (Wildman–Crippen MR) is 157 cm³/mol. The molecule has 1 amide bonds. The lowest BCUT2D eigenvalue weighted by Crippen LogP contribution is -2.38. The van der Waals surface area contributed by atoms with Gasteiger partial charge in [0.2, 0.25) is 5.88 Å². The number of aromatic amines is 1. The number of ether oxygens (including phenoxy) is 2. The van der Waals surface area contributed by atoms with Crippen LogP contribution in [0, 0.1) is 0 Å². The minimum absolute atomic E-state index is 0.0875. The average molecular weight is 566 g/mol. The standard InChI is InChI=1S/C28H39N9O4/c1-7-37-13-17(5)41-28-23(24(25(29)39)35-36(28)6)18-10-20-21(33-34-27(20)32-12-18)9-8-19(26(30)40-15(2)3)22(14-37)31-11-16(4)38/h8-10,12,15-17,38H,7,11,13-14,30H2,1-6H3,(H2,29,39)(H,32,33,34)/b9-8+,26-19+,31-22?. The number of aromatic nitrogens is 5. The molecule has 2 unspecified atom stereocenters. The fourth-order valence-corrected chi connectivity index (χ4v) is 4.63. The van der Waals surface area contributed by atoms with E-state index in [-0.39, 0.29) is 30.3 Å². The summed E-state index contributed by atoms with van der Waals surface area (Å²) in [7, 11) is 1.71. The molecule has 0 spiro atoms. The second-order valence-electron chi connectivity index (χ2n) is 10.4. The number of aliphatic hydroxyl groups excluding tert-OH is 1. The van der Waals surface area contributed by atoms with Crippen LogP contribution in [0.25, 0.3) is 28.2 Å². The fraction of sp³-hybridized carbons (Fsp3) is 0.464. The van der Waals surface area contributed by atoms with Crippen molar-refractivity contribution < 1.29 is 19.4 Å². The molecule has 220 valence electrons. The Morgan fingerprint density at radius 1 is 1.32 bits per heavy atom. The molecule has 13 nitrogen and oxygen atoms in total. The van der Waals surface area contributed by atoms with Gasteiger partial charge in [-0.05, 0) is 52.5 Å². The van der Waals surface area contributed by atoms with Crippen molar-refractivity contribution in [3.8, 4) is 17.0 Å². The number of fused-ring (bicyclic) bond motifs is 3. The lowest BCUT2D eigenvalue weighted by molar-refractivity contribution is 0.0995. The van der Waals surface area contributed by atoms with Crippen LogP contribution in [0.2, 0.25) is 0 Å². The number of primary amides is 1. The van der Waals surface area contributed by atoms with E-state index in [4.69, 9.17) is 25.9 Å². The number of hydrogen-bond donors (Lipinski definition) is 4. The van der Waals surface area contributed by atoms with Gasteiger partial charge in [0, 0.05) is 37.3 Å². The van der Waals surface area contributed by atoms with E-state index >= 15 is 0 Å². The van der Waals surface area contributed by atoms with Crippen LogP contribution in [0.3, 0.4) is 0 Å². The Hall–Kier alpha value is -4.23. The molecule has 4 rings (SSSR count). The van der Waals surface area contributed by atoms with Crippen LogP contribution in [0.5, 0.6) is 5.88 Å². The zero-order valence-corrected chi connectivity index (χ0v) is 24.4. The van der Waals surface area contributed by atoms with Crippen molar-refractivity contribution in [1.82, 2.24) is 29.9 Å². The Kier molecular flexibility index (Phi) is 9.08. The Morgan fingerprint density at radius 3 is 2.73 bits per heavy atom. The number of likely N-dealkylation sites (N-methyl/N-ethyl adjacent to an activating group) is 1. The van der Waals surface area contributed by atoms with Gasteiger partial charge in [0.05, 0.1) is 41.3 Å². The highest BCUT2D eigenvalue weighted by atomic mass is 16.5. The molecular formula is C28H39N9O4. The first-order valence-corrected chi connectivity index (χ1v) is 13.6. The number of aliphatic imine (C=N–C) groups is 1. The van der Waals surface area contributed by atoms with Crippen LogP contribution >= 0.6 is 0 Å². The van der Waals surface area contributed by atoms with Gasteiger partial charge in [0.25, 0.3) is 5.91 Å². The van der Waals surface area contributed by atoms with Gasteiger partial charge in [0.1, 0.15) is 6.10 Å². The van der Waals surface area contributed by atoms with E-state index in [1.54, 1.807) is 20.2 Å². The molecule has 2 atom stereocenters. The number of nitrogens with zero attached hydrogens (tertiary/aromatic N) is 6. The first-order valence-electron chi connectivity index (χ1n) is 13.6. The third-order valence-corrected chi connectivity index (χ3v) is 6.51. The van der Waals surface area contributed by atoms with Crippen molar-refractivity contribution in [2.24, 2.45) is 23.5 Å². The molecule has 1 aliphatic heterocycles. The number of aliphatic hydroxyl groups is 1. The highest BCUT2D eigenvalue weighted by Gasteiger charge is 2.26. The van der Waals surface area contributed by atoms with Crippen molar-refractivity contribution in [3.63, 3.8) is 0 Å². The number of hydrogen-bond acceptors (Lipinski definition) is 10. The van der Waals surface area contributed by atoms with E-state index in [1.165, 1.54) is 4.68 Å². The number of rotatable bonds is 6. The van der Waals surface area contributed by atoms with E-state index < -0.39 is 12.0 Å². The molecular weight excluding hydrogens is 526 g/mol. The molecule has 1 aliphatic rings. The summed E-state index contributed by atoms with van der Waals surface area (Å²) in [4.78, 5) is 23.8. The zero-order chi connectivity index (χ0) is 29.8. The highest BCUT2D eigenvalue weighted by Crippen LogP contribution is 2.35. The minimum atomic E-state index is -0.673. The Balaban J connectivity index is 1.97. The molecule has 6 N–H and O–H groups in total. The molecule has 4 heterocycles. The van der Waals surface area contributed by atoms with E-state index in [2.05, 4.69) is 25.2 Å². The molecule has 3 aromatic rings. The molecule has 2 bridgehead atoms. The van der Waals surface area contributed by atoms with E-state index in [9.17, 15) is 9.90 Å². The summed E-state index contributed by atoms with van der Waals surface area (Å²) in [6.45, 7) is 11.3. The van der Waals surface area contributed by atoms with Crippen molar-refractivity contribution in [2.75, 3.05) is 26.2 Å². The first-order chi connectivity index (χ1) is 19.5. The number of allylic oxidation sites excluding steroid dienone is 1. The number of nitrogens with two attached hydrogens (primary N) is 2. The van der Waals surface area contributed by atoms with Crippen molar-refractivity contribution in [2.45, 2.75) is 52.9 Å². The van der Waals surface area contributed by atoms with Gasteiger partial charge >= 0.3 is 0 Å². The van der Waals surface area contributed by atoms with Crippen LogP contribution in [0.1, 0.15) is 50.8 Å². The predicted octanol–water partition coefficient (Wildman–Crippen LogP) is 1.99. The topological polar surface area (TPSA) is 183 Å². The monoisotopic (exact) mass is 565 g/mol. The third-order valence-electron chi connectivity index (χ3n) is 6.51. The maximum atomic E-state index is 12.4. The van der Waals surface area contributed by atoms with Crippen molar-refractivity contribution >= 4 is 28.7 Å². The summed E-state index contributed by atoms with van der Waals surface area (Å²) < 4.78 is 13.8.